The van der Waals surface area contributed by atoms with Crippen LogP contribution in [0.1, 0.15) is 23.1 Å². The van der Waals surface area contributed by atoms with E-state index in [4.69, 9.17) is 11.1 Å². The van der Waals surface area contributed by atoms with Gasteiger partial charge in [-0.2, -0.15) is 0 Å². The highest BCUT2D eigenvalue weighted by molar-refractivity contribution is 5.90. The Morgan fingerprint density at radius 1 is 1.23 bits per heavy atom. The van der Waals surface area contributed by atoms with Gasteiger partial charge in [0.2, 0.25) is 11.9 Å². The minimum atomic E-state index is -0.415. The molecule has 2 aromatic carbocycles. The van der Waals surface area contributed by atoms with Crippen LogP contribution >= 0.6 is 0 Å². The fraction of sp³-hybridized carbons (Fsp3) is 0.211. The number of rotatable bonds is 5. The van der Waals surface area contributed by atoms with Crippen molar-refractivity contribution in [1.29, 1.82) is 5.41 Å². The van der Waals surface area contributed by atoms with Gasteiger partial charge in [-0.05, 0) is 36.6 Å². The first-order chi connectivity index (χ1) is 12.4. The minimum absolute atomic E-state index is 0.0399. The Balaban J connectivity index is 2.06. The first-order valence-electron chi connectivity index (χ1n) is 8.10. The first kappa shape index (κ1) is 19.1. The highest BCUT2D eigenvalue weighted by Crippen LogP contribution is 2.26. The van der Waals surface area contributed by atoms with E-state index in [1.165, 1.54) is 6.07 Å². The molecule has 0 aromatic heterocycles. The molecular weight excluding hydrogens is 333 g/mol. The molecule has 1 amide bonds. The van der Waals surface area contributed by atoms with Crippen LogP contribution in [0.25, 0.3) is 11.1 Å². The lowest BCUT2D eigenvalue weighted by Gasteiger charge is -2.10. The Kier molecular flexibility index (Phi) is 6.43. The number of hydrogen-bond acceptors (Lipinski definition) is 3. The van der Waals surface area contributed by atoms with Gasteiger partial charge in [0.15, 0.2) is 0 Å². The van der Waals surface area contributed by atoms with E-state index in [1.54, 1.807) is 6.07 Å². The zero-order chi connectivity index (χ0) is 19.1. The third kappa shape index (κ3) is 5.14. The number of hydrogen-bond donors (Lipinski definition) is 4. The van der Waals surface area contributed by atoms with Crippen LogP contribution < -0.4 is 16.6 Å². The highest BCUT2D eigenvalue weighted by Gasteiger charge is 2.07. The maximum absolute atomic E-state index is 14.4. The normalized spacial score (nSPS) is 11.1. The summed E-state index contributed by atoms with van der Waals surface area (Å²) in [5.41, 5.74) is 14.7. The molecule has 0 heterocycles. The molecule has 2 rings (SSSR count). The van der Waals surface area contributed by atoms with Gasteiger partial charge in [-0.1, -0.05) is 35.9 Å². The standard InChI is InChI=1S/C19H22FN5O/c1-12-3-6-16(13(2)9-12)14-4-5-15(17(20)10-14)11-23-19(22)25-24-18(26)7-8-21/h3-6,8-10,21H,7,11H2,1-2H3,(H,24,26)(H3,22,23,25). The lowest BCUT2D eigenvalue weighted by atomic mass is 9.97. The Bertz CT molecular complexity index is 848. The monoisotopic (exact) mass is 355 g/mol. The highest BCUT2D eigenvalue weighted by atomic mass is 19.1. The summed E-state index contributed by atoms with van der Waals surface area (Å²) >= 11 is 0. The third-order valence-corrected chi connectivity index (χ3v) is 3.78. The van der Waals surface area contributed by atoms with E-state index in [1.807, 2.05) is 32.0 Å². The SMILES string of the molecule is Cc1ccc(-c2ccc(CN=C(N)NNC(=O)CC=N)c(F)c2)c(C)c1. The lowest BCUT2D eigenvalue weighted by molar-refractivity contribution is -0.120. The van der Waals surface area contributed by atoms with Crippen LogP contribution in [0.15, 0.2) is 41.4 Å². The van der Waals surface area contributed by atoms with Gasteiger partial charge in [0, 0.05) is 11.8 Å². The summed E-state index contributed by atoms with van der Waals surface area (Å²) < 4.78 is 14.4. The predicted octanol–water partition coefficient (Wildman–Crippen LogP) is 2.58. The number of carbonyl (C=O) groups excluding carboxylic acids is 1. The molecule has 7 heteroatoms. The van der Waals surface area contributed by atoms with E-state index in [0.29, 0.717) is 5.56 Å². The van der Waals surface area contributed by atoms with Crippen molar-refractivity contribution < 1.29 is 9.18 Å². The van der Waals surface area contributed by atoms with Gasteiger partial charge < -0.3 is 11.1 Å². The summed E-state index contributed by atoms with van der Waals surface area (Å²) in [6.45, 7) is 4.06. The van der Waals surface area contributed by atoms with Crippen molar-refractivity contribution >= 4 is 18.1 Å². The number of guanidine groups is 1. The molecule has 5 N–H and O–H groups in total. The molecule has 0 saturated carbocycles. The number of amides is 1. The largest absolute Gasteiger partial charge is 0.369 e. The maximum atomic E-state index is 14.4. The van der Waals surface area contributed by atoms with Crippen LogP contribution in [0.3, 0.4) is 0 Å². The first-order valence-corrected chi connectivity index (χ1v) is 8.10. The summed E-state index contributed by atoms with van der Waals surface area (Å²) in [6, 6.07) is 11.0. The smallest absolute Gasteiger partial charge is 0.243 e. The Labute approximate surface area is 151 Å². The van der Waals surface area contributed by atoms with Gasteiger partial charge in [-0.25, -0.2) is 9.38 Å². The van der Waals surface area contributed by atoms with E-state index in [9.17, 15) is 9.18 Å². The molecule has 2 aromatic rings. The molecule has 0 saturated heterocycles. The Morgan fingerprint density at radius 3 is 2.65 bits per heavy atom. The average molecular weight is 355 g/mol. The number of nitrogens with one attached hydrogen (secondary N) is 3. The van der Waals surface area contributed by atoms with Crippen molar-refractivity contribution in [2.75, 3.05) is 0 Å². The van der Waals surface area contributed by atoms with Crippen molar-refractivity contribution in [2.24, 2.45) is 10.7 Å². The Morgan fingerprint density at radius 2 is 2.00 bits per heavy atom. The quantitative estimate of drug-likeness (QED) is 0.376. The molecule has 0 aliphatic carbocycles. The van der Waals surface area contributed by atoms with Gasteiger partial charge in [0.05, 0.1) is 13.0 Å². The molecule has 0 unspecified atom stereocenters. The second-order valence-electron chi connectivity index (χ2n) is 5.91. The molecule has 26 heavy (non-hydrogen) atoms. The van der Waals surface area contributed by atoms with Crippen LogP contribution in [0.5, 0.6) is 0 Å². The van der Waals surface area contributed by atoms with Gasteiger partial charge >= 0.3 is 0 Å². The van der Waals surface area contributed by atoms with Crippen molar-refractivity contribution in [1.82, 2.24) is 10.9 Å². The summed E-state index contributed by atoms with van der Waals surface area (Å²) in [5, 5.41) is 6.82. The summed E-state index contributed by atoms with van der Waals surface area (Å²) in [7, 11) is 0. The molecule has 0 radical (unpaired) electrons. The van der Waals surface area contributed by atoms with Crippen LogP contribution in [-0.2, 0) is 11.3 Å². The second-order valence-corrected chi connectivity index (χ2v) is 5.91. The molecule has 136 valence electrons. The number of nitrogens with two attached hydrogens (primary N) is 1. The third-order valence-electron chi connectivity index (χ3n) is 3.78. The zero-order valence-corrected chi connectivity index (χ0v) is 14.8. The summed E-state index contributed by atoms with van der Waals surface area (Å²) in [4.78, 5) is 15.2. The van der Waals surface area contributed by atoms with Gasteiger partial charge in [-0.3, -0.25) is 15.6 Å². The molecule has 0 aliphatic rings. The number of hydrazine groups is 1. The van der Waals surface area contributed by atoms with Crippen molar-refractivity contribution in [3.63, 3.8) is 0 Å². The molecule has 0 bridgehead atoms. The van der Waals surface area contributed by atoms with Crippen LogP contribution in [0.4, 0.5) is 4.39 Å². The number of aryl methyl sites for hydroxylation is 2. The minimum Gasteiger partial charge on any atom is -0.369 e. The van der Waals surface area contributed by atoms with E-state index in [-0.39, 0.29) is 24.7 Å². The molecule has 0 fully saturated rings. The second kappa shape index (κ2) is 8.75. The van der Waals surface area contributed by atoms with Crippen LogP contribution in [0, 0.1) is 25.1 Å². The number of benzene rings is 2. The molecule has 0 aliphatic heterocycles. The number of aliphatic imine (C=N–C) groups is 1. The van der Waals surface area contributed by atoms with E-state index >= 15 is 0 Å². The van der Waals surface area contributed by atoms with Gasteiger partial charge in [0.25, 0.3) is 0 Å². The van der Waals surface area contributed by atoms with Crippen LogP contribution in [-0.4, -0.2) is 18.1 Å². The average Bonchev–Trinajstić information content (AvgIpc) is 2.59. The molecule has 0 atom stereocenters. The van der Waals surface area contributed by atoms with E-state index in [0.717, 1.165) is 28.5 Å². The van der Waals surface area contributed by atoms with Crippen molar-refractivity contribution in [2.45, 2.75) is 26.8 Å². The van der Waals surface area contributed by atoms with Crippen molar-refractivity contribution in [3.8, 4) is 11.1 Å². The number of nitrogens with zero attached hydrogens (tertiary/aromatic N) is 1. The summed E-state index contributed by atoms with van der Waals surface area (Å²) in [5.74, 6) is -0.824. The van der Waals surface area contributed by atoms with Crippen LogP contribution in [0.2, 0.25) is 0 Å². The predicted molar refractivity (Wildman–Crippen MR) is 101 cm³/mol. The fourth-order valence-corrected chi connectivity index (χ4v) is 2.47. The van der Waals surface area contributed by atoms with E-state index < -0.39 is 5.91 Å². The van der Waals surface area contributed by atoms with Gasteiger partial charge in [-0.15, -0.1) is 0 Å². The molecule has 0 spiro atoms. The summed E-state index contributed by atoms with van der Waals surface area (Å²) in [6.07, 6.45) is 0.909. The number of halogens is 1. The zero-order valence-electron chi connectivity index (χ0n) is 14.8. The molecular formula is C19H22FN5O. The van der Waals surface area contributed by atoms with E-state index in [2.05, 4.69) is 21.9 Å². The fourth-order valence-electron chi connectivity index (χ4n) is 2.47. The topological polar surface area (TPSA) is 103 Å². The maximum Gasteiger partial charge on any atom is 0.243 e. The van der Waals surface area contributed by atoms with Gasteiger partial charge in [0.1, 0.15) is 5.82 Å². The lowest BCUT2D eigenvalue weighted by Crippen LogP contribution is -2.45. The number of carbonyl (C=O) groups is 1. The van der Waals surface area contributed by atoms with Crippen molar-refractivity contribution in [3.05, 3.63) is 58.9 Å². The molecule has 6 nitrogen and oxygen atoms in total. The Hall–Kier alpha value is -3.22.